The molecular weight excluding hydrogens is 192 g/mol. The van der Waals surface area contributed by atoms with E-state index in [-0.39, 0.29) is 17.6 Å². The summed E-state index contributed by atoms with van der Waals surface area (Å²) in [6, 6.07) is 4.85. The Morgan fingerprint density at radius 2 is 2.00 bits per heavy atom. The van der Waals surface area contributed by atoms with E-state index in [1.54, 1.807) is 12.1 Å². The number of phenols is 2. The van der Waals surface area contributed by atoms with E-state index >= 15 is 0 Å². The van der Waals surface area contributed by atoms with E-state index in [0.717, 1.165) is 18.4 Å². The third-order valence-electron chi connectivity index (χ3n) is 2.41. The Kier molecular flexibility index (Phi) is 4.43. The molecule has 0 aromatic heterocycles. The molecule has 3 heteroatoms. The normalized spacial score (nSPS) is 12.7. The average Bonchev–Trinajstić information content (AvgIpc) is 2.23. The molecule has 0 saturated heterocycles. The number of hydrogen-bond donors (Lipinski definition) is 2. The highest BCUT2D eigenvalue weighted by molar-refractivity contribution is 5.40. The lowest BCUT2D eigenvalue weighted by molar-refractivity contribution is 0.0659. The molecule has 1 unspecified atom stereocenters. The van der Waals surface area contributed by atoms with Gasteiger partial charge in [0.15, 0.2) is 11.5 Å². The summed E-state index contributed by atoms with van der Waals surface area (Å²) in [4.78, 5) is 0. The van der Waals surface area contributed by atoms with E-state index in [1.165, 1.54) is 6.07 Å². The first-order chi connectivity index (χ1) is 7.13. The number of phenolic OH excluding ortho intramolecular Hbond substituents is 2. The van der Waals surface area contributed by atoms with Gasteiger partial charge in [0.2, 0.25) is 0 Å². The van der Waals surface area contributed by atoms with Gasteiger partial charge in [0.05, 0.1) is 12.7 Å². The first kappa shape index (κ1) is 11.9. The summed E-state index contributed by atoms with van der Waals surface area (Å²) in [5.41, 5.74) is 0.966. The maximum absolute atomic E-state index is 9.26. The number of hydrogen-bond acceptors (Lipinski definition) is 3. The monoisotopic (exact) mass is 210 g/mol. The molecule has 0 radical (unpaired) electrons. The van der Waals surface area contributed by atoms with E-state index in [9.17, 15) is 5.11 Å². The first-order valence-electron chi connectivity index (χ1n) is 5.26. The fraction of sp³-hybridized carbons (Fsp3) is 0.500. The molecule has 0 fully saturated rings. The highest BCUT2D eigenvalue weighted by atomic mass is 16.5. The third kappa shape index (κ3) is 3.80. The van der Waals surface area contributed by atoms with Crippen LogP contribution in [0.15, 0.2) is 18.2 Å². The molecule has 0 heterocycles. The van der Waals surface area contributed by atoms with Crippen molar-refractivity contribution in [3.63, 3.8) is 0 Å². The van der Waals surface area contributed by atoms with Crippen LogP contribution in [-0.2, 0) is 11.2 Å². The van der Waals surface area contributed by atoms with Gasteiger partial charge < -0.3 is 14.9 Å². The second-order valence-electron chi connectivity index (χ2n) is 3.66. The minimum absolute atomic E-state index is 0.0731. The number of aromatic hydroxyl groups is 2. The maximum Gasteiger partial charge on any atom is 0.157 e. The number of ether oxygens (including phenoxy) is 1. The molecule has 0 aliphatic carbocycles. The Balaban J connectivity index is 2.41. The highest BCUT2D eigenvalue weighted by Gasteiger charge is 2.02. The van der Waals surface area contributed by atoms with Gasteiger partial charge in [-0.15, -0.1) is 0 Å². The summed E-state index contributed by atoms with van der Waals surface area (Å²) in [5.74, 6) is -0.155. The Bertz CT molecular complexity index is 310. The fourth-order valence-corrected chi connectivity index (χ4v) is 1.22. The van der Waals surface area contributed by atoms with Crippen LogP contribution in [0.2, 0.25) is 0 Å². The van der Waals surface area contributed by atoms with Crippen molar-refractivity contribution >= 4 is 0 Å². The Labute approximate surface area is 90.3 Å². The molecule has 15 heavy (non-hydrogen) atoms. The quantitative estimate of drug-likeness (QED) is 0.734. The van der Waals surface area contributed by atoms with Crippen molar-refractivity contribution in [2.45, 2.75) is 32.8 Å². The molecule has 3 nitrogen and oxygen atoms in total. The second kappa shape index (κ2) is 5.61. The Morgan fingerprint density at radius 1 is 1.27 bits per heavy atom. The molecule has 0 aliphatic rings. The second-order valence-corrected chi connectivity index (χ2v) is 3.66. The van der Waals surface area contributed by atoms with Gasteiger partial charge in [-0.25, -0.2) is 0 Å². The van der Waals surface area contributed by atoms with Crippen molar-refractivity contribution < 1.29 is 14.9 Å². The van der Waals surface area contributed by atoms with E-state index in [0.29, 0.717) is 6.61 Å². The van der Waals surface area contributed by atoms with Crippen molar-refractivity contribution in [1.82, 2.24) is 0 Å². The van der Waals surface area contributed by atoms with Crippen molar-refractivity contribution in [2.24, 2.45) is 0 Å². The van der Waals surface area contributed by atoms with E-state index in [2.05, 4.69) is 6.92 Å². The van der Waals surface area contributed by atoms with Gasteiger partial charge in [0.1, 0.15) is 0 Å². The van der Waals surface area contributed by atoms with Crippen LogP contribution in [0.1, 0.15) is 25.8 Å². The standard InChI is InChI=1S/C12H18O3/c1-3-9(2)15-7-6-10-4-5-11(13)12(14)8-10/h4-5,8-9,13-14H,3,6-7H2,1-2H3. The molecular formula is C12H18O3. The van der Waals surface area contributed by atoms with E-state index < -0.39 is 0 Å². The molecule has 0 amide bonds. The minimum Gasteiger partial charge on any atom is -0.504 e. The van der Waals surface area contributed by atoms with E-state index in [4.69, 9.17) is 9.84 Å². The van der Waals surface area contributed by atoms with Gasteiger partial charge in [-0.3, -0.25) is 0 Å². The number of rotatable bonds is 5. The first-order valence-corrected chi connectivity index (χ1v) is 5.26. The molecule has 84 valence electrons. The Morgan fingerprint density at radius 3 is 2.60 bits per heavy atom. The molecule has 0 aliphatic heterocycles. The van der Waals surface area contributed by atoms with Crippen LogP contribution in [0.3, 0.4) is 0 Å². The van der Waals surface area contributed by atoms with Crippen molar-refractivity contribution in [2.75, 3.05) is 6.61 Å². The summed E-state index contributed by atoms with van der Waals surface area (Å²) >= 11 is 0. The van der Waals surface area contributed by atoms with Gasteiger partial charge >= 0.3 is 0 Å². The predicted octanol–water partition coefficient (Wildman–Crippen LogP) is 2.46. The van der Waals surface area contributed by atoms with Crippen molar-refractivity contribution in [3.05, 3.63) is 23.8 Å². The molecule has 2 N–H and O–H groups in total. The highest BCUT2D eigenvalue weighted by Crippen LogP contribution is 2.24. The molecule has 0 saturated carbocycles. The van der Waals surface area contributed by atoms with Crippen molar-refractivity contribution in [1.29, 1.82) is 0 Å². The van der Waals surface area contributed by atoms with Gasteiger partial charge in [0.25, 0.3) is 0 Å². The maximum atomic E-state index is 9.26. The van der Waals surface area contributed by atoms with Crippen molar-refractivity contribution in [3.8, 4) is 11.5 Å². The van der Waals surface area contributed by atoms with Crippen LogP contribution in [0, 0.1) is 0 Å². The van der Waals surface area contributed by atoms with Crippen LogP contribution >= 0.6 is 0 Å². The molecule has 1 aromatic carbocycles. The Hall–Kier alpha value is -1.22. The van der Waals surface area contributed by atoms with Crippen LogP contribution in [-0.4, -0.2) is 22.9 Å². The van der Waals surface area contributed by atoms with Gasteiger partial charge in [-0.2, -0.15) is 0 Å². The smallest absolute Gasteiger partial charge is 0.157 e. The molecule has 0 spiro atoms. The summed E-state index contributed by atoms with van der Waals surface area (Å²) in [5, 5.41) is 18.4. The zero-order valence-electron chi connectivity index (χ0n) is 9.23. The topological polar surface area (TPSA) is 49.7 Å². The van der Waals surface area contributed by atoms with Crippen LogP contribution in [0.4, 0.5) is 0 Å². The van der Waals surface area contributed by atoms with Gasteiger partial charge in [-0.05, 0) is 37.5 Å². The zero-order valence-corrected chi connectivity index (χ0v) is 9.23. The summed E-state index contributed by atoms with van der Waals surface area (Å²) in [6.07, 6.45) is 2.02. The van der Waals surface area contributed by atoms with Gasteiger partial charge in [-0.1, -0.05) is 13.0 Å². The summed E-state index contributed by atoms with van der Waals surface area (Å²) < 4.78 is 5.52. The van der Waals surface area contributed by atoms with Gasteiger partial charge in [0, 0.05) is 0 Å². The predicted molar refractivity (Wildman–Crippen MR) is 59.2 cm³/mol. The average molecular weight is 210 g/mol. The largest absolute Gasteiger partial charge is 0.504 e. The third-order valence-corrected chi connectivity index (χ3v) is 2.41. The molecule has 0 bridgehead atoms. The van der Waals surface area contributed by atoms with E-state index in [1.807, 2.05) is 6.92 Å². The molecule has 1 rings (SSSR count). The lowest BCUT2D eigenvalue weighted by atomic mass is 10.1. The minimum atomic E-state index is -0.0819. The number of benzene rings is 1. The summed E-state index contributed by atoms with van der Waals surface area (Å²) in [7, 11) is 0. The zero-order chi connectivity index (χ0) is 11.3. The van der Waals surface area contributed by atoms with Crippen LogP contribution in [0.5, 0.6) is 11.5 Å². The van der Waals surface area contributed by atoms with Crippen LogP contribution < -0.4 is 0 Å². The molecule has 1 aromatic rings. The van der Waals surface area contributed by atoms with Crippen LogP contribution in [0.25, 0.3) is 0 Å². The fourth-order valence-electron chi connectivity index (χ4n) is 1.22. The molecule has 1 atom stereocenters. The SMILES string of the molecule is CCC(C)OCCc1ccc(O)c(O)c1. The lowest BCUT2D eigenvalue weighted by Gasteiger charge is -2.10. The summed E-state index contributed by atoms with van der Waals surface area (Å²) in [6.45, 7) is 4.75. The lowest BCUT2D eigenvalue weighted by Crippen LogP contribution is -2.09.